The topological polar surface area (TPSA) is 0 Å². The van der Waals surface area contributed by atoms with Crippen LogP contribution in [-0.2, 0) is 27.3 Å². The second-order valence-corrected chi connectivity index (χ2v) is 9.79. The number of fused-ring (bicyclic) bond motifs is 1. The molecule has 0 nitrogen and oxygen atoms in total. The molecule has 0 aliphatic heterocycles. The van der Waals surface area contributed by atoms with Crippen molar-refractivity contribution in [2.24, 2.45) is 0 Å². The first-order valence-electron chi connectivity index (χ1n) is 7.87. The van der Waals surface area contributed by atoms with Gasteiger partial charge in [-0.2, -0.15) is 0 Å². The number of rotatable bonds is 2. The molecule has 3 rings (SSSR count). The quantitative estimate of drug-likeness (QED) is 0.487. The van der Waals surface area contributed by atoms with Crippen molar-refractivity contribution in [2.75, 3.05) is 0 Å². The van der Waals surface area contributed by atoms with Crippen LogP contribution in [0.1, 0.15) is 41.2 Å². The van der Waals surface area contributed by atoms with Crippen molar-refractivity contribution < 1.29 is 20.8 Å². The van der Waals surface area contributed by atoms with E-state index in [1.54, 1.807) is 5.57 Å². The first kappa shape index (κ1) is 19.0. The summed E-state index contributed by atoms with van der Waals surface area (Å²) in [5, 5.41) is 0. The van der Waals surface area contributed by atoms with Crippen LogP contribution in [0.5, 0.6) is 0 Å². The number of halogens is 2. The average Bonchev–Trinajstić information content (AvgIpc) is 2.91. The van der Waals surface area contributed by atoms with Crippen LogP contribution in [0.15, 0.2) is 35.9 Å². The molecule has 0 atom stereocenters. The molecule has 0 bridgehead atoms. The summed E-state index contributed by atoms with van der Waals surface area (Å²) in [7, 11) is 9.87. The molecule has 0 spiro atoms. The predicted octanol–water partition coefficient (Wildman–Crippen LogP) is 7.00. The van der Waals surface area contributed by atoms with Crippen LogP contribution in [-0.4, -0.2) is 0 Å². The summed E-state index contributed by atoms with van der Waals surface area (Å²) in [6.45, 7) is 8.89. The van der Waals surface area contributed by atoms with Gasteiger partial charge in [-0.05, 0) is 67.0 Å². The molecule has 3 heteroatoms. The molecule has 1 aliphatic rings. The molecule has 0 aromatic heterocycles. The summed E-state index contributed by atoms with van der Waals surface area (Å²) in [5.74, 6) is 0. The Kier molecular flexibility index (Phi) is 7.14. The minimum atomic E-state index is -0.826. The van der Waals surface area contributed by atoms with E-state index in [-0.39, 0.29) is 0 Å². The van der Waals surface area contributed by atoms with Crippen molar-refractivity contribution >= 4 is 23.1 Å². The van der Waals surface area contributed by atoms with Crippen LogP contribution in [0.2, 0.25) is 0 Å². The van der Waals surface area contributed by atoms with E-state index in [0.717, 1.165) is 12.8 Å². The normalized spacial score (nSPS) is 12.2. The molecular formula is C20H22Cl2Zr. The third kappa shape index (κ3) is 4.38. The molecule has 120 valence electrons. The van der Waals surface area contributed by atoms with Crippen LogP contribution in [0.25, 0.3) is 17.2 Å². The van der Waals surface area contributed by atoms with Crippen molar-refractivity contribution in [3.63, 3.8) is 0 Å². The van der Waals surface area contributed by atoms with E-state index in [9.17, 15) is 0 Å². The first-order valence-corrected chi connectivity index (χ1v) is 14.2. The molecule has 0 saturated heterocycles. The Morgan fingerprint density at radius 2 is 1.65 bits per heavy atom. The SMILES string of the molecule is CCC1=Cc2c(cccc2-c2c(C)cc(C)cc2C)C1.[Cl][Zr][Cl]. The van der Waals surface area contributed by atoms with Crippen molar-refractivity contribution in [3.05, 3.63) is 63.7 Å². The molecule has 0 unspecified atom stereocenters. The zero-order valence-electron chi connectivity index (χ0n) is 14.1. The molecule has 0 fully saturated rings. The molecule has 2 aromatic carbocycles. The first-order chi connectivity index (χ1) is 11.0. The Balaban J connectivity index is 0.000000595. The molecule has 0 heterocycles. The fraction of sp³-hybridized carbons (Fsp3) is 0.300. The zero-order valence-corrected chi connectivity index (χ0v) is 18.1. The fourth-order valence-electron chi connectivity index (χ4n) is 3.49. The second-order valence-electron chi connectivity index (χ2n) is 6.06. The molecule has 2 aromatic rings. The monoisotopic (exact) mass is 422 g/mol. The fourth-order valence-corrected chi connectivity index (χ4v) is 3.49. The van der Waals surface area contributed by atoms with Gasteiger partial charge in [-0.1, -0.05) is 54.5 Å². The zero-order chi connectivity index (χ0) is 17.0. The third-order valence-corrected chi connectivity index (χ3v) is 4.36. The third-order valence-electron chi connectivity index (χ3n) is 4.36. The van der Waals surface area contributed by atoms with Gasteiger partial charge in [-0.3, -0.25) is 0 Å². The standard InChI is InChI=1S/C20H22.2ClH.Zr/c1-5-16-11-17-7-6-8-18(19(17)12-16)20-14(3)9-13(2)10-15(20)4;;;/h6-10,12H,5,11H2,1-4H3;2*1H;/q;;;+2/p-2. The van der Waals surface area contributed by atoms with Gasteiger partial charge in [-0.25, -0.2) is 0 Å². The van der Waals surface area contributed by atoms with Gasteiger partial charge in [-0.15, -0.1) is 0 Å². The molecule has 0 radical (unpaired) electrons. The van der Waals surface area contributed by atoms with Crippen LogP contribution in [0, 0.1) is 20.8 Å². The molecule has 0 saturated carbocycles. The van der Waals surface area contributed by atoms with Gasteiger partial charge in [0.05, 0.1) is 0 Å². The molecular weight excluding hydrogens is 402 g/mol. The van der Waals surface area contributed by atoms with Crippen LogP contribution in [0.4, 0.5) is 0 Å². The van der Waals surface area contributed by atoms with Gasteiger partial charge in [0, 0.05) is 0 Å². The van der Waals surface area contributed by atoms with E-state index in [1.165, 1.54) is 38.9 Å². The Labute approximate surface area is 158 Å². The summed E-state index contributed by atoms with van der Waals surface area (Å²) in [4.78, 5) is 0. The summed E-state index contributed by atoms with van der Waals surface area (Å²) >= 11 is -0.826. The van der Waals surface area contributed by atoms with E-state index >= 15 is 0 Å². The Morgan fingerprint density at radius 1 is 1.04 bits per heavy atom. The van der Waals surface area contributed by atoms with Gasteiger partial charge in [0.2, 0.25) is 0 Å². The van der Waals surface area contributed by atoms with E-state index in [2.05, 4.69) is 64.1 Å². The van der Waals surface area contributed by atoms with Crippen molar-refractivity contribution in [1.82, 2.24) is 0 Å². The molecule has 0 N–H and O–H groups in total. The maximum atomic E-state index is 4.93. The Morgan fingerprint density at radius 3 is 2.22 bits per heavy atom. The van der Waals surface area contributed by atoms with Crippen molar-refractivity contribution in [1.29, 1.82) is 0 Å². The summed E-state index contributed by atoms with van der Waals surface area (Å²) < 4.78 is 0. The predicted molar refractivity (Wildman–Crippen MR) is 99.8 cm³/mol. The van der Waals surface area contributed by atoms with Gasteiger partial charge < -0.3 is 0 Å². The van der Waals surface area contributed by atoms with Crippen LogP contribution < -0.4 is 0 Å². The van der Waals surface area contributed by atoms with Gasteiger partial charge >= 0.3 is 37.9 Å². The minimum absolute atomic E-state index is 0.826. The average molecular weight is 425 g/mol. The molecule has 1 aliphatic carbocycles. The van der Waals surface area contributed by atoms with E-state index in [1.807, 2.05) is 0 Å². The van der Waals surface area contributed by atoms with Gasteiger partial charge in [0.1, 0.15) is 0 Å². The molecule has 0 amide bonds. The van der Waals surface area contributed by atoms with Crippen LogP contribution in [0.3, 0.4) is 0 Å². The van der Waals surface area contributed by atoms with E-state index in [4.69, 9.17) is 17.0 Å². The summed E-state index contributed by atoms with van der Waals surface area (Å²) in [6.07, 6.45) is 4.69. The molecule has 23 heavy (non-hydrogen) atoms. The summed E-state index contributed by atoms with van der Waals surface area (Å²) in [5.41, 5.74) is 11.4. The number of aryl methyl sites for hydroxylation is 3. The van der Waals surface area contributed by atoms with E-state index in [0.29, 0.717) is 0 Å². The Hall–Kier alpha value is -0.357. The van der Waals surface area contributed by atoms with Crippen molar-refractivity contribution in [3.8, 4) is 11.1 Å². The number of hydrogen-bond acceptors (Lipinski definition) is 0. The number of hydrogen-bond donors (Lipinski definition) is 0. The maximum absolute atomic E-state index is 4.93. The Bertz CT molecular complexity index is 709. The van der Waals surface area contributed by atoms with Gasteiger partial charge in [0.15, 0.2) is 0 Å². The number of allylic oxidation sites excluding steroid dienone is 1. The second kappa shape index (κ2) is 8.66. The van der Waals surface area contributed by atoms with Gasteiger partial charge in [0.25, 0.3) is 0 Å². The number of benzene rings is 2. The van der Waals surface area contributed by atoms with Crippen molar-refractivity contribution in [2.45, 2.75) is 40.5 Å². The summed E-state index contributed by atoms with van der Waals surface area (Å²) in [6, 6.07) is 11.3. The van der Waals surface area contributed by atoms with Crippen LogP contribution >= 0.6 is 17.0 Å². The van der Waals surface area contributed by atoms with E-state index < -0.39 is 20.8 Å².